The molecule has 0 fully saturated rings. The van der Waals surface area contributed by atoms with Crippen molar-refractivity contribution < 1.29 is 13.2 Å². The van der Waals surface area contributed by atoms with Gasteiger partial charge in [-0.15, -0.1) is 0 Å². The largest absolute Gasteiger partial charge is 0.324 e. The Hall–Kier alpha value is -3.12. The summed E-state index contributed by atoms with van der Waals surface area (Å²) in [6.07, 6.45) is 0. The van der Waals surface area contributed by atoms with Crippen molar-refractivity contribution in [1.82, 2.24) is 0 Å². The van der Waals surface area contributed by atoms with Crippen LogP contribution >= 0.6 is 0 Å². The fourth-order valence-corrected chi connectivity index (χ4v) is 4.82. The quantitative estimate of drug-likeness (QED) is 0.587. The summed E-state index contributed by atoms with van der Waals surface area (Å²) in [5, 5.41) is 2.84. The van der Waals surface area contributed by atoms with E-state index in [1.54, 1.807) is 36.4 Å². The molecule has 3 rings (SSSR count). The summed E-state index contributed by atoms with van der Waals surface area (Å²) in [4.78, 5) is 13.0. The van der Waals surface area contributed by atoms with Gasteiger partial charge in [0.2, 0.25) is 5.91 Å². The van der Waals surface area contributed by atoms with Gasteiger partial charge in [-0.25, -0.2) is 8.42 Å². The first-order valence-corrected chi connectivity index (χ1v) is 11.5. The molecule has 0 spiro atoms. The molecule has 0 aliphatic carbocycles. The summed E-state index contributed by atoms with van der Waals surface area (Å²) < 4.78 is 28.1. The zero-order chi connectivity index (χ0) is 22.8. The summed E-state index contributed by atoms with van der Waals surface area (Å²) in [5.41, 5.74) is 6.12. The molecule has 5 nitrogen and oxygen atoms in total. The van der Waals surface area contributed by atoms with E-state index in [2.05, 4.69) is 5.32 Å². The zero-order valence-electron chi connectivity index (χ0n) is 18.6. The molecule has 31 heavy (non-hydrogen) atoms. The molecule has 3 aromatic rings. The normalized spacial score (nSPS) is 11.3. The first-order chi connectivity index (χ1) is 14.6. The highest BCUT2D eigenvalue weighted by Gasteiger charge is 2.27. The maximum absolute atomic E-state index is 13.5. The van der Waals surface area contributed by atoms with Crippen molar-refractivity contribution in [2.24, 2.45) is 0 Å². The van der Waals surface area contributed by atoms with Gasteiger partial charge >= 0.3 is 0 Å². The van der Waals surface area contributed by atoms with E-state index in [4.69, 9.17) is 0 Å². The van der Waals surface area contributed by atoms with Gasteiger partial charge in [-0.05, 0) is 93.3 Å². The Balaban J connectivity index is 1.98. The SMILES string of the molecule is Cc1ccc(S(=O)(=O)N(CC(=O)Nc2cc(C)cc(C)c2)c2ccc(C)c(C)c2)cc1. The van der Waals surface area contributed by atoms with Crippen molar-refractivity contribution in [3.05, 3.63) is 88.5 Å². The molecule has 0 unspecified atom stereocenters. The summed E-state index contributed by atoms with van der Waals surface area (Å²) in [5.74, 6) is -0.404. The molecule has 1 N–H and O–H groups in total. The lowest BCUT2D eigenvalue weighted by Crippen LogP contribution is -2.38. The average molecular weight is 437 g/mol. The Labute approximate surface area is 184 Å². The number of hydrogen-bond donors (Lipinski definition) is 1. The number of carbonyl (C=O) groups excluding carboxylic acids is 1. The highest BCUT2D eigenvalue weighted by atomic mass is 32.2. The monoisotopic (exact) mass is 436 g/mol. The van der Waals surface area contributed by atoms with Gasteiger partial charge in [-0.2, -0.15) is 0 Å². The molecular formula is C25H28N2O3S. The Kier molecular flexibility index (Phi) is 6.51. The van der Waals surface area contributed by atoms with Gasteiger partial charge in [0.05, 0.1) is 10.6 Å². The van der Waals surface area contributed by atoms with Crippen LogP contribution in [0.1, 0.15) is 27.8 Å². The summed E-state index contributed by atoms with van der Waals surface area (Å²) in [6, 6.07) is 17.8. The third-order valence-corrected chi connectivity index (χ3v) is 6.97. The molecule has 1 amide bonds. The molecule has 0 atom stereocenters. The van der Waals surface area contributed by atoms with Crippen molar-refractivity contribution in [1.29, 1.82) is 0 Å². The smallest absolute Gasteiger partial charge is 0.264 e. The predicted molar refractivity (Wildman–Crippen MR) is 126 cm³/mol. The van der Waals surface area contributed by atoms with Crippen molar-refractivity contribution in [2.75, 3.05) is 16.2 Å². The summed E-state index contributed by atoms with van der Waals surface area (Å²) >= 11 is 0. The molecular weight excluding hydrogens is 408 g/mol. The van der Waals surface area contributed by atoms with Crippen LogP contribution in [-0.2, 0) is 14.8 Å². The van der Waals surface area contributed by atoms with Gasteiger partial charge in [0, 0.05) is 5.69 Å². The number of nitrogens with one attached hydrogen (secondary N) is 1. The molecule has 0 aliphatic heterocycles. The number of anilines is 2. The van der Waals surface area contributed by atoms with Crippen LogP contribution in [0.15, 0.2) is 65.6 Å². The second-order valence-electron chi connectivity index (χ2n) is 8.02. The van der Waals surface area contributed by atoms with Crippen LogP contribution in [0.2, 0.25) is 0 Å². The van der Waals surface area contributed by atoms with E-state index in [0.717, 1.165) is 27.8 Å². The van der Waals surface area contributed by atoms with Crippen LogP contribution in [0.5, 0.6) is 0 Å². The first kappa shape index (κ1) is 22.6. The number of nitrogens with zero attached hydrogens (tertiary/aromatic N) is 1. The fraction of sp³-hybridized carbons (Fsp3) is 0.240. The third-order valence-electron chi connectivity index (χ3n) is 5.18. The number of aryl methyl sites for hydroxylation is 5. The second kappa shape index (κ2) is 8.94. The number of benzene rings is 3. The van der Waals surface area contributed by atoms with Crippen molar-refractivity contribution in [2.45, 2.75) is 39.5 Å². The highest BCUT2D eigenvalue weighted by Crippen LogP contribution is 2.26. The van der Waals surface area contributed by atoms with Crippen LogP contribution in [0.25, 0.3) is 0 Å². The van der Waals surface area contributed by atoms with Crippen LogP contribution < -0.4 is 9.62 Å². The Bertz CT molecular complexity index is 1200. The molecule has 162 valence electrons. The second-order valence-corrected chi connectivity index (χ2v) is 9.88. The molecule has 0 bridgehead atoms. The van der Waals surface area contributed by atoms with E-state index in [1.807, 2.05) is 58.9 Å². The van der Waals surface area contributed by atoms with Gasteiger partial charge in [-0.3, -0.25) is 9.10 Å². The Morgan fingerprint density at radius 2 is 1.39 bits per heavy atom. The van der Waals surface area contributed by atoms with Crippen molar-refractivity contribution in [3.63, 3.8) is 0 Å². The van der Waals surface area contributed by atoms with E-state index < -0.39 is 15.9 Å². The molecule has 0 radical (unpaired) electrons. The molecule has 6 heteroatoms. The number of carbonyl (C=O) groups is 1. The number of rotatable bonds is 6. The lowest BCUT2D eigenvalue weighted by atomic mass is 10.1. The van der Waals surface area contributed by atoms with Gasteiger partial charge in [-0.1, -0.05) is 29.8 Å². The van der Waals surface area contributed by atoms with E-state index in [0.29, 0.717) is 11.4 Å². The van der Waals surface area contributed by atoms with Gasteiger partial charge in [0.25, 0.3) is 10.0 Å². The van der Waals surface area contributed by atoms with Crippen LogP contribution in [0.4, 0.5) is 11.4 Å². The molecule has 0 aliphatic rings. The fourth-order valence-electron chi connectivity index (χ4n) is 3.41. The van der Waals surface area contributed by atoms with Crippen molar-refractivity contribution in [3.8, 4) is 0 Å². The summed E-state index contributed by atoms with van der Waals surface area (Å²) in [7, 11) is -3.93. The number of amides is 1. The lowest BCUT2D eigenvalue weighted by Gasteiger charge is -2.25. The standard InChI is InChI=1S/C25H28N2O3S/c1-17-6-10-24(11-7-17)31(29,30)27(23-9-8-20(4)21(5)15-23)16-25(28)26-22-13-18(2)12-19(3)14-22/h6-15H,16H2,1-5H3,(H,26,28). The topological polar surface area (TPSA) is 66.5 Å². The number of sulfonamides is 1. The Morgan fingerprint density at radius 1 is 0.774 bits per heavy atom. The van der Waals surface area contributed by atoms with Gasteiger partial charge < -0.3 is 5.32 Å². The molecule has 0 heterocycles. The lowest BCUT2D eigenvalue weighted by molar-refractivity contribution is -0.114. The first-order valence-electron chi connectivity index (χ1n) is 10.1. The highest BCUT2D eigenvalue weighted by molar-refractivity contribution is 7.92. The minimum Gasteiger partial charge on any atom is -0.324 e. The van der Waals surface area contributed by atoms with Crippen LogP contribution in [0, 0.1) is 34.6 Å². The average Bonchev–Trinajstić information content (AvgIpc) is 2.68. The number of hydrogen-bond acceptors (Lipinski definition) is 3. The molecule has 0 saturated heterocycles. The maximum atomic E-state index is 13.5. The van der Waals surface area contributed by atoms with E-state index in [1.165, 1.54) is 4.31 Å². The van der Waals surface area contributed by atoms with E-state index >= 15 is 0 Å². The summed E-state index contributed by atoms with van der Waals surface area (Å²) in [6.45, 7) is 9.36. The zero-order valence-corrected chi connectivity index (χ0v) is 19.4. The van der Waals surface area contributed by atoms with Crippen LogP contribution in [0.3, 0.4) is 0 Å². The minimum atomic E-state index is -3.93. The minimum absolute atomic E-state index is 0.149. The predicted octanol–water partition coefficient (Wildman–Crippen LogP) is 5.06. The molecule has 3 aromatic carbocycles. The van der Waals surface area contributed by atoms with E-state index in [9.17, 15) is 13.2 Å². The van der Waals surface area contributed by atoms with Crippen LogP contribution in [-0.4, -0.2) is 20.9 Å². The molecule has 0 aromatic heterocycles. The molecule has 0 saturated carbocycles. The Morgan fingerprint density at radius 3 is 1.97 bits per heavy atom. The third kappa shape index (κ3) is 5.33. The van der Waals surface area contributed by atoms with Gasteiger partial charge in [0.1, 0.15) is 6.54 Å². The van der Waals surface area contributed by atoms with Crippen molar-refractivity contribution >= 4 is 27.3 Å². The van der Waals surface area contributed by atoms with E-state index in [-0.39, 0.29) is 11.4 Å². The maximum Gasteiger partial charge on any atom is 0.264 e. The van der Waals surface area contributed by atoms with Gasteiger partial charge in [0.15, 0.2) is 0 Å².